The highest BCUT2D eigenvalue weighted by atomic mass is 16.4. The first-order valence-corrected chi connectivity index (χ1v) is 6.20. The van der Waals surface area contributed by atoms with E-state index in [4.69, 9.17) is 5.11 Å². The van der Waals surface area contributed by atoms with E-state index in [9.17, 15) is 19.2 Å². The zero-order chi connectivity index (χ0) is 15.7. The standard InChI is InChI=1S/C12H19N3O5/c1-7(9(17)18)14(4)8(16)5-6-15-10(19)12(2,3)13-11(15)20/h7H,5-6H2,1-4H3,(H,13,20)(H,17,18). The first kappa shape index (κ1) is 15.9. The van der Waals surface area contributed by atoms with Crippen molar-refractivity contribution < 1.29 is 24.3 Å². The summed E-state index contributed by atoms with van der Waals surface area (Å²) in [4.78, 5) is 48.1. The van der Waals surface area contributed by atoms with Crippen LogP contribution in [0.25, 0.3) is 0 Å². The number of carbonyl (C=O) groups excluding carboxylic acids is 3. The number of nitrogens with zero attached hydrogens (tertiary/aromatic N) is 2. The summed E-state index contributed by atoms with van der Waals surface area (Å²) >= 11 is 0. The van der Waals surface area contributed by atoms with Gasteiger partial charge in [0.15, 0.2) is 0 Å². The van der Waals surface area contributed by atoms with Crippen LogP contribution in [0.1, 0.15) is 27.2 Å². The monoisotopic (exact) mass is 285 g/mol. The van der Waals surface area contributed by atoms with Gasteiger partial charge in [-0.25, -0.2) is 9.59 Å². The molecular weight excluding hydrogens is 266 g/mol. The van der Waals surface area contributed by atoms with Crippen LogP contribution in [0.2, 0.25) is 0 Å². The summed E-state index contributed by atoms with van der Waals surface area (Å²) in [5, 5.41) is 11.3. The third-order valence-corrected chi connectivity index (χ3v) is 3.33. The number of carbonyl (C=O) groups is 4. The molecule has 1 atom stereocenters. The molecule has 0 aromatic rings. The zero-order valence-corrected chi connectivity index (χ0v) is 12.0. The molecule has 112 valence electrons. The summed E-state index contributed by atoms with van der Waals surface area (Å²) in [5.41, 5.74) is -0.972. The summed E-state index contributed by atoms with van der Waals surface area (Å²) in [5.74, 6) is -1.95. The molecule has 0 aromatic carbocycles. The zero-order valence-electron chi connectivity index (χ0n) is 12.0. The van der Waals surface area contributed by atoms with Crippen LogP contribution >= 0.6 is 0 Å². The van der Waals surface area contributed by atoms with Gasteiger partial charge in [0, 0.05) is 20.0 Å². The second-order valence-corrected chi connectivity index (χ2v) is 5.28. The summed E-state index contributed by atoms with van der Waals surface area (Å²) in [7, 11) is 1.37. The molecule has 0 spiro atoms. The summed E-state index contributed by atoms with van der Waals surface area (Å²) in [6.07, 6.45) is -0.108. The fraction of sp³-hybridized carbons (Fsp3) is 0.667. The van der Waals surface area contributed by atoms with Gasteiger partial charge in [-0.2, -0.15) is 0 Å². The number of nitrogens with one attached hydrogen (secondary N) is 1. The van der Waals surface area contributed by atoms with Crippen molar-refractivity contribution in [2.24, 2.45) is 0 Å². The smallest absolute Gasteiger partial charge is 0.326 e. The molecule has 1 aliphatic rings. The van der Waals surface area contributed by atoms with Gasteiger partial charge in [-0.15, -0.1) is 0 Å². The number of likely N-dealkylation sites (N-methyl/N-ethyl adjacent to an activating group) is 1. The number of amides is 4. The maximum absolute atomic E-state index is 11.9. The molecule has 0 bridgehead atoms. The van der Waals surface area contributed by atoms with Crippen molar-refractivity contribution in [1.82, 2.24) is 15.1 Å². The van der Waals surface area contributed by atoms with Crippen molar-refractivity contribution in [1.29, 1.82) is 0 Å². The lowest BCUT2D eigenvalue weighted by atomic mass is 10.1. The van der Waals surface area contributed by atoms with E-state index in [1.165, 1.54) is 14.0 Å². The number of rotatable bonds is 5. The molecule has 0 aromatic heterocycles. The minimum atomic E-state index is -1.11. The molecule has 1 heterocycles. The van der Waals surface area contributed by atoms with Crippen LogP contribution in [0, 0.1) is 0 Å². The van der Waals surface area contributed by atoms with E-state index in [0.717, 1.165) is 9.80 Å². The van der Waals surface area contributed by atoms with Crippen molar-refractivity contribution in [3.05, 3.63) is 0 Å². The van der Waals surface area contributed by atoms with Gasteiger partial charge >= 0.3 is 12.0 Å². The van der Waals surface area contributed by atoms with E-state index in [2.05, 4.69) is 5.32 Å². The molecule has 8 nitrogen and oxygen atoms in total. The molecule has 0 aliphatic carbocycles. The molecule has 1 unspecified atom stereocenters. The predicted octanol–water partition coefficient (Wildman–Crippen LogP) is -0.362. The third-order valence-electron chi connectivity index (χ3n) is 3.33. The van der Waals surface area contributed by atoms with Gasteiger partial charge in [-0.1, -0.05) is 0 Å². The Balaban J connectivity index is 2.60. The van der Waals surface area contributed by atoms with Gasteiger partial charge in [0.25, 0.3) is 5.91 Å². The van der Waals surface area contributed by atoms with Gasteiger partial charge in [0.2, 0.25) is 5.91 Å². The van der Waals surface area contributed by atoms with Crippen LogP contribution in [0.15, 0.2) is 0 Å². The van der Waals surface area contributed by atoms with Crippen molar-refractivity contribution in [2.75, 3.05) is 13.6 Å². The highest BCUT2D eigenvalue weighted by molar-refractivity contribution is 6.06. The maximum atomic E-state index is 11.9. The molecular formula is C12H19N3O5. The molecule has 1 saturated heterocycles. The molecule has 2 N–H and O–H groups in total. The Morgan fingerprint density at radius 3 is 2.35 bits per heavy atom. The van der Waals surface area contributed by atoms with Crippen molar-refractivity contribution in [3.63, 3.8) is 0 Å². The Morgan fingerprint density at radius 2 is 1.95 bits per heavy atom. The van der Waals surface area contributed by atoms with E-state index >= 15 is 0 Å². The highest BCUT2D eigenvalue weighted by Gasteiger charge is 2.44. The second kappa shape index (κ2) is 5.48. The Hall–Kier alpha value is -2.12. The lowest BCUT2D eigenvalue weighted by molar-refractivity contribution is -0.148. The van der Waals surface area contributed by atoms with E-state index in [1.807, 2.05) is 0 Å². The van der Waals surface area contributed by atoms with Crippen molar-refractivity contribution in [3.8, 4) is 0 Å². The quantitative estimate of drug-likeness (QED) is 0.671. The SMILES string of the molecule is CC(C(=O)O)N(C)C(=O)CCN1C(=O)NC(C)(C)C1=O. The van der Waals surface area contributed by atoms with Crippen molar-refractivity contribution >= 4 is 23.8 Å². The van der Waals surface area contributed by atoms with Gasteiger partial charge in [-0.3, -0.25) is 14.5 Å². The fourth-order valence-electron chi connectivity index (χ4n) is 1.79. The molecule has 4 amide bonds. The molecule has 1 fully saturated rings. The molecule has 0 saturated carbocycles. The number of urea groups is 1. The average molecular weight is 285 g/mol. The molecule has 20 heavy (non-hydrogen) atoms. The lowest BCUT2D eigenvalue weighted by Crippen LogP contribution is -2.43. The number of hydrogen-bond donors (Lipinski definition) is 2. The van der Waals surface area contributed by atoms with E-state index in [-0.39, 0.29) is 13.0 Å². The Morgan fingerprint density at radius 1 is 1.40 bits per heavy atom. The van der Waals surface area contributed by atoms with Crippen molar-refractivity contribution in [2.45, 2.75) is 38.8 Å². The Labute approximate surface area is 116 Å². The molecule has 1 aliphatic heterocycles. The molecule has 8 heteroatoms. The first-order chi connectivity index (χ1) is 9.08. The predicted molar refractivity (Wildman–Crippen MR) is 68.8 cm³/mol. The van der Waals surface area contributed by atoms with Gasteiger partial charge in [-0.05, 0) is 20.8 Å². The number of carboxylic acid groups (broad SMARTS) is 1. The number of carboxylic acids is 1. The van der Waals surface area contributed by atoms with Gasteiger partial charge < -0.3 is 15.3 Å². The highest BCUT2D eigenvalue weighted by Crippen LogP contribution is 2.16. The minimum absolute atomic E-state index is 0.0659. The lowest BCUT2D eigenvalue weighted by Gasteiger charge is -2.22. The number of imide groups is 1. The second-order valence-electron chi connectivity index (χ2n) is 5.28. The van der Waals surface area contributed by atoms with E-state index in [0.29, 0.717) is 0 Å². The van der Waals surface area contributed by atoms with Crippen LogP contribution in [0.5, 0.6) is 0 Å². The topological polar surface area (TPSA) is 107 Å². The number of hydrogen-bond acceptors (Lipinski definition) is 4. The number of aliphatic carboxylic acids is 1. The molecule has 0 radical (unpaired) electrons. The minimum Gasteiger partial charge on any atom is -0.480 e. The van der Waals surface area contributed by atoms with Crippen LogP contribution < -0.4 is 5.32 Å². The van der Waals surface area contributed by atoms with Gasteiger partial charge in [0.1, 0.15) is 11.6 Å². The average Bonchev–Trinajstić information content (AvgIpc) is 2.54. The summed E-state index contributed by atoms with van der Waals surface area (Å²) < 4.78 is 0. The summed E-state index contributed by atoms with van der Waals surface area (Å²) in [6, 6.07) is -1.50. The maximum Gasteiger partial charge on any atom is 0.326 e. The fourth-order valence-corrected chi connectivity index (χ4v) is 1.79. The normalized spacial score (nSPS) is 18.7. The third kappa shape index (κ3) is 3.06. The Kier molecular flexibility index (Phi) is 4.36. The van der Waals surface area contributed by atoms with Gasteiger partial charge in [0.05, 0.1) is 0 Å². The van der Waals surface area contributed by atoms with Crippen LogP contribution in [0.3, 0.4) is 0 Å². The van der Waals surface area contributed by atoms with Crippen LogP contribution in [-0.2, 0) is 14.4 Å². The van der Waals surface area contributed by atoms with Crippen LogP contribution in [0.4, 0.5) is 4.79 Å². The Bertz CT molecular complexity index is 460. The largest absolute Gasteiger partial charge is 0.480 e. The summed E-state index contributed by atoms with van der Waals surface area (Å²) in [6.45, 7) is 4.47. The first-order valence-electron chi connectivity index (χ1n) is 6.20. The van der Waals surface area contributed by atoms with E-state index < -0.39 is 35.4 Å². The van der Waals surface area contributed by atoms with Crippen LogP contribution in [-0.4, -0.2) is 63.9 Å². The van der Waals surface area contributed by atoms with E-state index in [1.54, 1.807) is 13.8 Å². The molecule has 1 rings (SSSR count).